The second-order valence-electron chi connectivity index (χ2n) is 6.24. The molecule has 2 heterocycles. The average Bonchev–Trinajstić information content (AvgIpc) is 2.95. The fourth-order valence-electron chi connectivity index (χ4n) is 3.01. The van der Waals surface area contributed by atoms with E-state index in [0.29, 0.717) is 11.4 Å². The fraction of sp³-hybridized carbons (Fsp3) is 0.471. The van der Waals surface area contributed by atoms with Gasteiger partial charge in [-0.15, -0.1) is 0 Å². The van der Waals surface area contributed by atoms with Gasteiger partial charge in [0.05, 0.1) is 6.42 Å². The molecule has 7 heteroatoms. The van der Waals surface area contributed by atoms with Crippen molar-refractivity contribution >= 4 is 17.5 Å². The number of carbonyl (C=O) groups excluding carboxylic acids is 1. The summed E-state index contributed by atoms with van der Waals surface area (Å²) in [4.78, 5) is 14.5. The monoisotopic (exact) mass is 348 g/mol. The summed E-state index contributed by atoms with van der Waals surface area (Å²) in [5, 5.41) is 11.3. The van der Waals surface area contributed by atoms with Crippen LogP contribution in [0.3, 0.4) is 0 Å². The average molecular weight is 349 g/mol. The molecule has 1 aromatic carbocycles. The summed E-state index contributed by atoms with van der Waals surface area (Å²) in [6.07, 6.45) is 2.28. The SMILES string of the molecule is Cc1nonc1CC(=O)N[C@@H]1CCCN(Cc2ccc(Cl)cc2)C1. The highest BCUT2D eigenvalue weighted by Crippen LogP contribution is 2.16. The Hall–Kier alpha value is -1.92. The van der Waals surface area contributed by atoms with Gasteiger partial charge in [-0.1, -0.05) is 34.0 Å². The molecule has 1 saturated heterocycles. The van der Waals surface area contributed by atoms with E-state index in [1.807, 2.05) is 24.3 Å². The van der Waals surface area contributed by atoms with Crippen LogP contribution in [0.2, 0.25) is 5.02 Å². The van der Waals surface area contributed by atoms with Crippen molar-refractivity contribution in [1.29, 1.82) is 0 Å². The normalized spacial score (nSPS) is 18.5. The topological polar surface area (TPSA) is 71.3 Å². The third-order valence-electron chi connectivity index (χ3n) is 4.26. The molecule has 2 aromatic rings. The second-order valence-corrected chi connectivity index (χ2v) is 6.68. The number of piperidine rings is 1. The smallest absolute Gasteiger partial charge is 0.226 e. The quantitative estimate of drug-likeness (QED) is 0.898. The molecule has 0 radical (unpaired) electrons. The highest BCUT2D eigenvalue weighted by Gasteiger charge is 2.22. The van der Waals surface area contributed by atoms with E-state index in [1.165, 1.54) is 5.56 Å². The zero-order valence-corrected chi connectivity index (χ0v) is 14.4. The van der Waals surface area contributed by atoms with E-state index in [4.69, 9.17) is 11.6 Å². The molecule has 1 N–H and O–H groups in total. The van der Waals surface area contributed by atoms with Crippen molar-refractivity contribution in [2.45, 2.75) is 38.8 Å². The van der Waals surface area contributed by atoms with Crippen molar-refractivity contribution < 1.29 is 9.42 Å². The van der Waals surface area contributed by atoms with Crippen molar-refractivity contribution in [3.63, 3.8) is 0 Å². The Morgan fingerprint density at radius 3 is 2.88 bits per heavy atom. The number of nitrogens with zero attached hydrogens (tertiary/aromatic N) is 3. The summed E-state index contributed by atoms with van der Waals surface area (Å²) in [5.74, 6) is -0.0351. The zero-order chi connectivity index (χ0) is 16.9. The Balaban J connectivity index is 1.50. The number of likely N-dealkylation sites (tertiary alicyclic amines) is 1. The molecule has 0 bridgehead atoms. The van der Waals surface area contributed by atoms with Crippen molar-refractivity contribution in [1.82, 2.24) is 20.5 Å². The van der Waals surface area contributed by atoms with Gasteiger partial charge in [0.15, 0.2) is 0 Å². The number of nitrogens with one attached hydrogen (secondary N) is 1. The van der Waals surface area contributed by atoms with E-state index < -0.39 is 0 Å². The Labute approximate surface area is 146 Å². The molecule has 1 amide bonds. The highest BCUT2D eigenvalue weighted by atomic mass is 35.5. The molecule has 0 unspecified atom stereocenters. The summed E-state index contributed by atoms with van der Waals surface area (Å²) in [5.41, 5.74) is 2.50. The first-order valence-corrected chi connectivity index (χ1v) is 8.52. The maximum Gasteiger partial charge on any atom is 0.226 e. The largest absolute Gasteiger partial charge is 0.352 e. The van der Waals surface area contributed by atoms with Gasteiger partial charge in [0.2, 0.25) is 5.91 Å². The Kier molecular flexibility index (Phi) is 5.48. The van der Waals surface area contributed by atoms with Crippen LogP contribution >= 0.6 is 11.6 Å². The predicted molar refractivity (Wildman–Crippen MR) is 90.6 cm³/mol. The number of aryl methyl sites for hydroxylation is 1. The molecule has 128 valence electrons. The number of carbonyl (C=O) groups is 1. The van der Waals surface area contributed by atoms with E-state index in [9.17, 15) is 4.79 Å². The van der Waals surface area contributed by atoms with E-state index in [-0.39, 0.29) is 18.4 Å². The van der Waals surface area contributed by atoms with Gasteiger partial charge in [-0.2, -0.15) is 0 Å². The van der Waals surface area contributed by atoms with E-state index in [0.717, 1.165) is 37.5 Å². The van der Waals surface area contributed by atoms with E-state index in [2.05, 4.69) is 25.2 Å². The summed E-state index contributed by atoms with van der Waals surface area (Å²) in [6, 6.07) is 8.08. The number of benzene rings is 1. The molecule has 24 heavy (non-hydrogen) atoms. The molecule has 1 aliphatic heterocycles. The Bertz CT molecular complexity index is 686. The first-order valence-electron chi connectivity index (χ1n) is 8.14. The number of aromatic nitrogens is 2. The molecular formula is C17H21ClN4O2. The lowest BCUT2D eigenvalue weighted by molar-refractivity contribution is -0.121. The molecule has 0 aliphatic carbocycles. The predicted octanol–water partition coefficient (Wildman–Crippen LogP) is 2.35. The zero-order valence-electron chi connectivity index (χ0n) is 13.7. The Morgan fingerprint density at radius 2 is 2.17 bits per heavy atom. The van der Waals surface area contributed by atoms with Gasteiger partial charge in [-0.05, 0) is 44.0 Å². The Morgan fingerprint density at radius 1 is 1.38 bits per heavy atom. The van der Waals surface area contributed by atoms with E-state index >= 15 is 0 Å². The molecule has 6 nitrogen and oxygen atoms in total. The van der Waals surface area contributed by atoms with Crippen molar-refractivity contribution in [3.05, 3.63) is 46.2 Å². The van der Waals surface area contributed by atoms with Gasteiger partial charge in [0.1, 0.15) is 11.4 Å². The number of hydrogen-bond donors (Lipinski definition) is 1. The van der Waals surface area contributed by atoms with Crippen LogP contribution in [0.25, 0.3) is 0 Å². The van der Waals surface area contributed by atoms with Crippen molar-refractivity contribution in [2.24, 2.45) is 0 Å². The first kappa shape index (κ1) is 16.9. The van der Waals surface area contributed by atoms with Crippen LogP contribution in [0, 0.1) is 6.92 Å². The minimum Gasteiger partial charge on any atom is -0.352 e. The lowest BCUT2D eigenvalue weighted by Gasteiger charge is -2.33. The third-order valence-corrected chi connectivity index (χ3v) is 4.52. The number of halogens is 1. The summed E-state index contributed by atoms with van der Waals surface area (Å²) in [6.45, 7) is 4.55. The van der Waals surface area contributed by atoms with Gasteiger partial charge >= 0.3 is 0 Å². The molecule has 3 rings (SSSR count). The minimum absolute atomic E-state index is 0.0351. The highest BCUT2D eigenvalue weighted by molar-refractivity contribution is 6.30. The van der Waals surface area contributed by atoms with E-state index in [1.54, 1.807) is 6.92 Å². The fourth-order valence-corrected chi connectivity index (χ4v) is 3.13. The number of amides is 1. The van der Waals surface area contributed by atoms with Crippen LogP contribution < -0.4 is 5.32 Å². The van der Waals surface area contributed by atoms with Crippen LogP contribution in [-0.4, -0.2) is 40.3 Å². The maximum atomic E-state index is 12.2. The molecule has 0 saturated carbocycles. The molecule has 1 fully saturated rings. The molecule has 0 spiro atoms. The molecule has 1 aliphatic rings. The number of hydrogen-bond acceptors (Lipinski definition) is 5. The third kappa shape index (κ3) is 4.55. The van der Waals surface area contributed by atoms with Crippen molar-refractivity contribution in [3.8, 4) is 0 Å². The summed E-state index contributed by atoms with van der Waals surface area (Å²) >= 11 is 5.93. The van der Waals surface area contributed by atoms with Gasteiger partial charge in [0.25, 0.3) is 0 Å². The van der Waals surface area contributed by atoms with Gasteiger partial charge < -0.3 is 5.32 Å². The molecular weight excluding hydrogens is 328 g/mol. The van der Waals surface area contributed by atoms with Crippen LogP contribution in [0.5, 0.6) is 0 Å². The van der Waals surface area contributed by atoms with Gasteiger partial charge in [0, 0.05) is 24.2 Å². The van der Waals surface area contributed by atoms with Gasteiger partial charge in [-0.3, -0.25) is 9.69 Å². The standard InChI is InChI=1S/C17H21ClN4O2/c1-12-16(21-24-20-12)9-17(23)19-15-3-2-8-22(11-15)10-13-4-6-14(18)7-5-13/h4-7,15H,2-3,8-11H2,1H3,(H,19,23)/t15-/m1/s1. The second kappa shape index (κ2) is 7.77. The van der Waals surface area contributed by atoms with Crippen LogP contribution in [-0.2, 0) is 17.8 Å². The summed E-state index contributed by atoms with van der Waals surface area (Å²) in [7, 11) is 0. The summed E-state index contributed by atoms with van der Waals surface area (Å²) < 4.78 is 4.63. The van der Waals surface area contributed by atoms with Gasteiger partial charge in [-0.25, -0.2) is 4.63 Å². The minimum atomic E-state index is -0.0351. The van der Waals surface area contributed by atoms with Crippen LogP contribution in [0.4, 0.5) is 0 Å². The lowest BCUT2D eigenvalue weighted by atomic mass is 10.0. The van der Waals surface area contributed by atoms with Crippen LogP contribution in [0.15, 0.2) is 28.9 Å². The first-order chi connectivity index (χ1) is 11.6. The number of rotatable bonds is 5. The van der Waals surface area contributed by atoms with Crippen molar-refractivity contribution in [2.75, 3.05) is 13.1 Å². The molecule has 1 atom stereocenters. The maximum absolute atomic E-state index is 12.2. The lowest BCUT2D eigenvalue weighted by Crippen LogP contribution is -2.47. The van der Waals surface area contributed by atoms with Crippen LogP contribution in [0.1, 0.15) is 29.8 Å². The molecule has 1 aromatic heterocycles.